The van der Waals surface area contributed by atoms with E-state index in [-0.39, 0.29) is 11.5 Å². The van der Waals surface area contributed by atoms with Crippen molar-refractivity contribution in [2.75, 3.05) is 12.4 Å². The summed E-state index contributed by atoms with van der Waals surface area (Å²) >= 11 is 0. The first-order valence-electron chi connectivity index (χ1n) is 6.11. The first-order chi connectivity index (χ1) is 9.10. The van der Waals surface area contributed by atoms with Gasteiger partial charge in [0.15, 0.2) is 0 Å². The molecule has 0 unspecified atom stereocenters. The van der Waals surface area contributed by atoms with Crippen LogP contribution >= 0.6 is 0 Å². The smallest absolute Gasteiger partial charge is 0.252 e. The van der Waals surface area contributed by atoms with E-state index in [1.165, 1.54) is 6.07 Å². The van der Waals surface area contributed by atoms with E-state index in [4.69, 9.17) is 4.74 Å². The van der Waals surface area contributed by atoms with E-state index in [0.717, 1.165) is 11.4 Å². The number of aromatic amines is 1. The largest absolute Gasteiger partial charge is 0.495 e. The number of rotatable bonds is 4. The molecule has 0 aliphatic heterocycles. The van der Waals surface area contributed by atoms with Crippen molar-refractivity contribution >= 4 is 11.6 Å². The predicted molar refractivity (Wildman–Crippen MR) is 75.2 cm³/mol. The van der Waals surface area contributed by atoms with Gasteiger partial charge in [-0.05, 0) is 18.1 Å². The fraction of sp³-hybridized carbons (Fsp3) is 0.286. The fourth-order valence-electron chi connectivity index (χ4n) is 1.71. The Kier molecular flexibility index (Phi) is 3.85. The van der Waals surface area contributed by atoms with E-state index in [0.29, 0.717) is 11.7 Å². The summed E-state index contributed by atoms with van der Waals surface area (Å²) in [4.78, 5) is 18.6. The molecule has 0 atom stereocenters. The first-order valence-corrected chi connectivity index (χ1v) is 6.11. The average molecular weight is 259 g/mol. The number of ether oxygens (including phenoxy) is 1. The molecule has 2 N–H and O–H groups in total. The quantitative estimate of drug-likeness (QED) is 0.885. The van der Waals surface area contributed by atoms with Crippen molar-refractivity contribution in [3.05, 3.63) is 46.4 Å². The Bertz CT molecular complexity index is 620. The highest BCUT2D eigenvalue weighted by molar-refractivity contribution is 5.62. The highest BCUT2D eigenvalue weighted by atomic mass is 16.5. The molecule has 1 aromatic heterocycles. The number of benzene rings is 1. The first kappa shape index (κ1) is 13.1. The van der Waals surface area contributed by atoms with Gasteiger partial charge in [0.25, 0.3) is 5.56 Å². The number of anilines is 2. The summed E-state index contributed by atoms with van der Waals surface area (Å²) in [5.74, 6) is 1.31. The lowest BCUT2D eigenvalue weighted by Crippen LogP contribution is -2.13. The molecule has 5 heteroatoms. The van der Waals surface area contributed by atoms with E-state index in [1.807, 2.05) is 38.1 Å². The predicted octanol–water partition coefficient (Wildman–Crippen LogP) is 2.65. The van der Waals surface area contributed by atoms with Crippen molar-refractivity contribution in [2.45, 2.75) is 19.8 Å². The van der Waals surface area contributed by atoms with Crippen LogP contribution in [0.4, 0.5) is 11.6 Å². The topological polar surface area (TPSA) is 67.0 Å². The molecule has 0 saturated heterocycles. The number of para-hydroxylation sites is 2. The van der Waals surface area contributed by atoms with Crippen LogP contribution in [0.1, 0.15) is 25.5 Å². The summed E-state index contributed by atoms with van der Waals surface area (Å²) < 4.78 is 5.24. The van der Waals surface area contributed by atoms with Crippen LogP contribution in [-0.2, 0) is 0 Å². The molecule has 0 bridgehead atoms. The van der Waals surface area contributed by atoms with Crippen molar-refractivity contribution in [2.24, 2.45) is 0 Å². The van der Waals surface area contributed by atoms with Crippen LogP contribution < -0.4 is 15.6 Å². The Balaban J connectivity index is 2.35. The summed E-state index contributed by atoms with van der Waals surface area (Å²) in [7, 11) is 1.60. The molecule has 2 rings (SSSR count). The normalized spacial score (nSPS) is 10.5. The van der Waals surface area contributed by atoms with Crippen LogP contribution in [0.5, 0.6) is 5.75 Å². The van der Waals surface area contributed by atoms with Crippen LogP contribution in [0.3, 0.4) is 0 Å². The van der Waals surface area contributed by atoms with Gasteiger partial charge in [0, 0.05) is 6.07 Å². The zero-order valence-electron chi connectivity index (χ0n) is 11.2. The van der Waals surface area contributed by atoms with Crippen LogP contribution in [0.25, 0.3) is 0 Å². The lowest BCUT2D eigenvalue weighted by molar-refractivity contribution is 0.417. The lowest BCUT2D eigenvalue weighted by atomic mass is 10.1. The van der Waals surface area contributed by atoms with Gasteiger partial charge in [0.2, 0.25) is 5.95 Å². The third-order valence-electron chi connectivity index (χ3n) is 2.71. The number of aromatic nitrogens is 2. The van der Waals surface area contributed by atoms with Gasteiger partial charge in [-0.3, -0.25) is 9.78 Å². The number of hydrogen-bond donors (Lipinski definition) is 2. The maximum Gasteiger partial charge on any atom is 0.252 e. The Morgan fingerprint density at radius 3 is 2.74 bits per heavy atom. The minimum Gasteiger partial charge on any atom is -0.495 e. The van der Waals surface area contributed by atoms with E-state index in [2.05, 4.69) is 15.3 Å². The van der Waals surface area contributed by atoms with Gasteiger partial charge in [0.1, 0.15) is 5.75 Å². The summed E-state index contributed by atoms with van der Waals surface area (Å²) in [5.41, 5.74) is 1.34. The minimum absolute atomic E-state index is 0.170. The zero-order valence-corrected chi connectivity index (χ0v) is 11.2. The molecule has 19 heavy (non-hydrogen) atoms. The SMILES string of the molecule is COc1ccccc1Nc1nc(C(C)C)cc(=O)[nH]1. The third-order valence-corrected chi connectivity index (χ3v) is 2.71. The number of nitrogens with zero attached hydrogens (tertiary/aromatic N) is 1. The Labute approximate surface area is 111 Å². The van der Waals surface area contributed by atoms with Crippen LogP contribution in [0.2, 0.25) is 0 Å². The second-order valence-corrected chi connectivity index (χ2v) is 4.50. The summed E-state index contributed by atoms with van der Waals surface area (Å²) in [6.45, 7) is 3.99. The Morgan fingerprint density at radius 2 is 2.05 bits per heavy atom. The average Bonchev–Trinajstić information content (AvgIpc) is 2.38. The number of methoxy groups -OCH3 is 1. The van der Waals surface area contributed by atoms with Crippen LogP contribution in [0.15, 0.2) is 35.1 Å². The molecule has 0 spiro atoms. The maximum absolute atomic E-state index is 11.6. The van der Waals surface area contributed by atoms with Crippen molar-refractivity contribution in [1.82, 2.24) is 9.97 Å². The van der Waals surface area contributed by atoms with Crippen molar-refractivity contribution in [3.63, 3.8) is 0 Å². The second-order valence-electron chi connectivity index (χ2n) is 4.50. The Morgan fingerprint density at radius 1 is 1.32 bits per heavy atom. The van der Waals surface area contributed by atoms with E-state index >= 15 is 0 Å². The van der Waals surface area contributed by atoms with E-state index in [1.54, 1.807) is 7.11 Å². The van der Waals surface area contributed by atoms with Gasteiger partial charge >= 0.3 is 0 Å². The van der Waals surface area contributed by atoms with Crippen LogP contribution in [-0.4, -0.2) is 17.1 Å². The van der Waals surface area contributed by atoms with Crippen LogP contribution in [0, 0.1) is 0 Å². The highest BCUT2D eigenvalue weighted by Crippen LogP contribution is 2.25. The van der Waals surface area contributed by atoms with Crippen molar-refractivity contribution in [3.8, 4) is 5.75 Å². The van der Waals surface area contributed by atoms with Crippen molar-refractivity contribution < 1.29 is 4.74 Å². The second kappa shape index (κ2) is 5.56. The molecule has 1 heterocycles. The molecule has 0 fully saturated rings. The van der Waals surface area contributed by atoms with E-state index < -0.39 is 0 Å². The number of H-pyrrole nitrogens is 1. The third kappa shape index (κ3) is 3.13. The molecule has 0 radical (unpaired) electrons. The molecule has 0 aliphatic carbocycles. The molecule has 0 amide bonds. The zero-order chi connectivity index (χ0) is 13.8. The number of hydrogen-bond acceptors (Lipinski definition) is 4. The molecular weight excluding hydrogens is 242 g/mol. The maximum atomic E-state index is 11.6. The van der Waals surface area contributed by atoms with E-state index in [9.17, 15) is 4.79 Å². The van der Waals surface area contributed by atoms with Gasteiger partial charge in [0.05, 0.1) is 18.5 Å². The number of nitrogens with one attached hydrogen (secondary N) is 2. The monoisotopic (exact) mass is 259 g/mol. The standard InChI is InChI=1S/C14H17N3O2/c1-9(2)11-8-13(18)17-14(16-11)15-10-6-4-5-7-12(10)19-3/h4-9H,1-3H3,(H2,15,16,17,18). The molecule has 5 nitrogen and oxygen atoms in total. The fourth-order valence-corrected chi connectivity index (χ4v) is 1.71. The molecule has 100 valence electrons. The Hall–Kier alpha value is -2.30. The van der Waals surface area contributed by atoms with Gasteiger partial charge in [-0.25, -0.2) is 4.98 Å². The van der Waals surface area contributed by atoms with Gasteiger partial charge < -0.3 is 10.1 Å². The van der Waals surface area contributed by atoms with Gasteiger partial charge in [-0.2, -0.15) is 0 Å². The molecular formula is C14H17N3O2. The minimum atomic E-state index is -0.170. The summed E-state index contributed by atoms with van der Waals surface area (Å²) in [5, 5.41) is 3.07. The van der Waals surface area contributed by atoms with Crippen molar-refractivity contribution in [1.29, 1.82) is 0 Å². The molecule has 1 aromatic carbocycles. The lowest BCUT2D eigenvalue weighted by Gasteiger charge is -2.11. The molecule has 2 aromatic rings. The van der Waals surface area contributed by atoms with Gasteiger partial charge in [-0.1, -0.05) is 26.0 Å². The molecule has 0 aliphatic rings. The highest BCUT2D eigenvalue weighted by Gasteiger charge is 2.07. The molecule has 0 saturated carbocycles. The van der Waals surface area contributed by atoms with Gasteiger partial charge in [-0.15, -0.1) is 0 Å². The summed E-state index contributed by atoms with van der Waals surface area (Å²) in [6, 6.07) is 8.98. The summed E-state index contributed by atoms with van der Waals surface area (Å²) in [6.07, 6.45) is 0.